The Hall–Kier alpha value is -2.17. The number of aryl methyl sites for hydroxylation is 1. The molecule has 0 saturated carbocycles. The Morgan fingerprint density at radius 3 is 2.24 bits per heavy atom. The van der Waals surface area contributed by atoms with Gasteiger partial charge in [0.25, 0.3) is 0 Å². The van der Waals surface area contributed by atoms with Crippen LogP contribution in [0.15, 0.2) is 35.7 Å². The van der Waals surface area contributed by atoms with Crippen LogP contribution in [0.3, 0.4) is 0 Å². The van der Waals surface area contributed by atoms with Gasteiger partial charge in [0, 0.05) is 5.69 Å². The van der Waals surface area contributed by atoms with Crippen LogP contribution in [0.1, 0.15) is 19.4 Å². The highest BCUT2D eigenvalue weighted by molar-refractivity contribution is 5.94. The van der Waals surface area contributed by atoms with E-state index in [-0.39, 0.29) is 11.4 Å². The van der Waals surface area contributed by atoms with Crippen molar-refractivity contribution in [1.82, 2.24) is 0 Å². The molecule has 1 aromatic carbocycles. The first-order valence-electron chi connectivity index (χ1n) is 5.16. The Morgan fingerprint density at radius 2 is 1.82 bits per heavy atom. The SMILES string of the molecule is CC(=N)/C(=C(/C)Nc1ccc(C)cc1)[N+](=O)[O-]. The number of nitro groups is 1. The predicted molar refractivity (Wildman–Crippen MR) is 67.9 cm³/mol. The first kappa shape index (κ1) is 12.9. The van der Waals surface area contributed by atoms with Gasteiger partial charge in [0.15, 0.2) is 0 Å². The number of allylic oxidation sites excluding steroid dienone is 2. The molecular weight excluding hydrogens is 218 g/mol. The molecule has 0 aliphatic rings. The summed E-state index contributed by atoms with van der Waals surface area (Å²) in [6, 6.07) is 7.52. The van der Waals surface area contributed by atoms with Crippen molar-refractivity contribution < 1.29 is 4.92 Å². The van der Waals surface area contributed by atoms with Crippen LogP contribution in [0.4, 0.5) is 5.69 Å². The van der Waals surface area contributed by atoms with Crippen LogP contribution in [-0.2, 0) is 0 Å². The lowest BCUT2D eigenvalue weighted by Gasteiger charge is -2.07. The molecule has 0 radical (unpaired) electrons. The largest absolute Gasteiger partial charge is 0.353 e. The first-order valence-corrected chi connectivity index (χ1v) is 5.16. The molecule has 0 aliphatic carbocycles. The highest BCUT2D eigenvalue weighted by atomic mass is 16.6. The van der Waals surface area contributed by atoms with Gasteiger partial charge < -0.3 is 5.32 Å². The second kappa shape index (κ2) is 5.25. The summed E-state index contributed by atoms with van der Waals surface area (Å²) in [5, 5.41) is 21.1. The summed E-state index contributed by atoms with van der Waals surface area (Å²) < 4.78 is 0. The van der Waals surface area contributed by atoms with E-state index < -0.39 is 4.92 Å². The van der Waals surface area contributed by atoms with E-state index in [9.17, 15) is 10.1 Å². The van der Waals surface area contributed by atoms with Crippen LogP contribution < -0.4 is 5.32 Å². The van der Waals surface area contributed by atoms with Crippen molar-refractivity contribution in [3.63, 3.8) is 0 Å². The fourth-order valence-electron chi connectivity index (χ4n) is 1.47. The third-order valence-electron chi connectivity index (χ3n) is 2.28. The minimum absolute atomic E-state index is 0.0629. The topological polar surface area (TPSA) is 79.0 Å². The minimum Gasteiger partial charge on any atom is -0.353 e. The monoisotopic (exact) mass is 233 g/mol. The molecule has 2 N–H and O–H groups in total. The molecule has 0 aromatic heterocycles. The number of hydrogen-bond acceptors (Lipinski definition) is 4. The maximum absolute atomic E-state index is 10.8. The molecule has 0 amide bonds. The van der Waals surface area contributed by atoms with Crippen molar-refractivity contribution >= 4 is 11.4 Å². The third kappa shape index (κ3) is 3.41. The number of anilines is 1. The molecule has 5 nitrogen and oxygen atoms in total. The average Bonchev–Trinajstić information content (AvgIpc) is 2.20. The second-order valence-corrected chi connectivity index (χ2v) is 3.85. The van der Waals surface area contributed by atoms with E-state index in [2.05, 4.69) is 5.32 Å². The Labute approximate surface area is 99.8 Å². The fourth-order valence-corrected chi connectivity index (χ4v) is 1.47. The quantitative estimate of drug-likeness (QED) is 0.476. The number of hydrogen-bond donors (Lipinski definition) is 2. The van der Waals surface area contributed by atoms with E-state index in [1.165, 1.54) is 6.92 Å². The Balaban J connectivity index is 3.00. The van der Waals surface area contributed by atoms with Crippen molar-refractivity contribution in [3.05, 3.63) is 51.3 Å². The molecule has 0 heterocycles. The van der Waals surface area contributed by atoms with E-state index in [1.807, 2.05) is 31.2 Å². The summed E-state index contributed by atoms with van der Waals surface area (Å²) in [6.07, 6.45) is 0. The zero-order valence-electron chi connectivity index (χ0n) is 10.1. The molecular formula is C12H15N3O2. The smallest absolute Gasteiger partial charge is 0.308 e. The zero-order valence-corrected chi connectivity index (χ0v) is 10.1. The van der Waals surface area contributed by atoms with Crippen LogP contribution in [0.25, 0.3) is 0 Å². The predicted octanol–water partition coefficient (Wildman–Crippen LogP) is 2.95. The summed E-state index contributed by atoms with van der Waals surface area (Å²) in [7, 11) is 0. The minimum atomic E-state index is -0.543. The number of nitrogens with one attached hydrogen (secondary N) is 2. The van der Waals surface area contributed by atoms with Crippen LogP contribution in [-0.4, -0.2) is 10.6 Å². The normalized spacial score (nSPS) is 11.7. The Kier molecular flexibility index (Phi) is 3.98. The average molecular weight is 233 g/mol. The maximum atomic E-state index is 10.8. The molecule has 90 valence electrons. The molecule has 5 heteroatoms. The summed E-state index contributed by atoms with van der Waals surface area (Å²) in [4.78, 5) is 10.3. The van der Waals surface area contributed by atoms with Gasteiger partial charge in [-0.3, -0.25) is 15.5 Å². The van der Waals surface area contributed by atoms with Crippen LogP contribution in [0.2, 0.25) is 0 Å². The molecule has 0 fully saturated rings. The van der Waals surface area contributed by atoms with Crippen molar-refractivity contribution in [2.75, 3.05) is 5.32 Å². The van der Waals surface area contributed by atoms with Crippen molar-refractivity contribution in [1.29, 1.82) is 5.41 Å². The third-order valence-corrected chi connectivity index (χ3v) is 2.28. The highest BCUT2D eigenvalue weighted by Crippen LogP contribution is 2.14. The summed E-state index contributed by atoms with van der Waals surface area (Å²) >= 11 is 0. The standard InChI is InChI=1S/C12H15N3O2/c1-8-4-6-11(7-5-8)14-10(3)12(9(2)13)15(16)17/h4-7,13-14H,1-3H3/b12-10+,13-9?. The second-order valence-electron chi connectivity index (χ2n) is 3.85. The van der Waals surface area contributed by atoms with Crippen molar-refractivity contribution in [3.8, 4) is 0 Å². The lowest BCUT2D eigenvalue weighted by atomic mass is 10.2. The molecule has 0 bridgehead atoms. The van der Waals surface area contributed by atoms with Gasteiger partial charge in [-0.05, 0) is 32.9 Å². The maximum Gasteiger partial charge on any atom is 0.308 e. The summed E-state index contributed by atoms with van der Waals surface area (Å²) in [5.41, 5.74) is 2.01. The van der Waals surface area contributed by atoms with Gasteiger partial charge in [-0.1, -0.05) is 17.7 Å². The summed E-state index contributed by atoms with van der Waals surface area (Å²) in [5.74, 6) is 0. The molecule has 0 saturated heterocycles. The first-order chi connectivity index (χ1) is 7.91. The molecule has 0 spiro atoms. The number of benzene rings is 1. The number of nitrogens with zero attached hydrogens (tertiary/aromatic N) is 1. The molecule has 0 unspecified atom stereocenters. The Morgan fingerprint density at radius 1 is 1.29 bits per heavy atom. The number of rotatable bonds is 4. The lowest BCUT2D eigenvalue weighted by molar-refractivity contribution is -0.416. The van der Waals surface area contributed by atoms with E-state index in [4.69, 9.17) is 5.41 Å². The van der Waals surface area contributed by atoms with Gasteiger partial charge in [-0.25, -0.2) is 0 Å². The van der Waals surface area contributed by atoms with Gasteiger partial charge in [-0.15, -0.1) is 0 Å². The van der Waals surface area contributed by atoms with Crippen LogP contribution in [0.5, 0.6) is 0 Å². The van der Waals surface area contributed by atoms with E-state index in [0.717, 1.165) is 11.3 Å². The molecule has 0 atom stereocenters. The zero-order chi connectivity index (χ0) is 13.0. The highest BCUT2D eigenvalue weighted by Gasteiger charge is 2.18. The van der Waals surface area contributed by atoms with E-state index in [0.29, 0.717) is 5.70 Å². The van der Waals surface area contributed by atoms with Crippen molar-refractivity contribution in [2.24, 2.45) is 0 Å². The van der Waals surface area contributed by atoms with Crippen LogP contribution >= 0.6 is 0 Å². The van der Waals surface area contributed by atoms with E-state index in [1.54, 1.807) is 6.92 Å². The van der Waals surface area contributed by atoms with E-state index >= 15 is 0 Å². The Bertz CT molecular complexity index is 459. The molecule has 0 aliphatic heterocycles. The molecule has 1 rings (SSSR count). The molecule has 17 heavy (non-hydrogen) atoms. The van der Waals surface area contributed by atoms with Gasteiger partial charge in [0.05, 0.1) is 10.6 Å². The summed E-state index contributed by atoms with van der Waals surface area (Å²) in [6.45, 7) is 4.96. The van der Waals surface area contributed by atoms with Gasteiger partial charge >= 0.3 is 5.70 Å². The lowest BCUT2D eigenvalue weighted by Crippen LogP contribution is -2.13. The van der Waals surface area contributed by atoms with Crippen molar-refractivity contribution in [2.45, 2.75) is 20.8 Å². The fraction of sp³-hybridized carbons (Fsp3) is 0.250. The van der Waals surface area contributed by atoms with Gasteiger partial charge in [-0.2, -0.15) is 0 Å². The van der Waals surface area contributed by atoms with Gasteiger partial charge in [0.2, 0.25) is 0 Å². The molecule has 1 aromatic rings. The van der Waals surface area contributed by atoms with Crippen LogP contribution in [0, 0.1) is 22.4 Å². The van der Waals surface area contributed by atoms with Gasteiger partial charge in [0.1, 0.15) is 5.71 Å².